The van der Waals surface area contributed by atoms with Gasteiger partial charge in [-0.1, -0.05) is 0 Å². The van der Waals surface area contributed by atoms with Crippen LogP contribution in [-0.2, 0) is 18.2 Å². The van der Waals surface area contributed by atoms with Crippen LogP contribution in [0.25, 0.3) is 0 Å². The Morgan fingerprint density at radius 1 is 1.00 bits per heavy atom. The Bertz CT molecular complexity index is 771. The molecule has 0 amide bonds. The number of phosphoric ester groups is 2. The zero-order chi connectivity index (χ0) is 20.1. The molecule has 4 N–H and O–H groups in total. The third-order valence-electron chi connectivity index (χ3n) is 2.49. The molecule has 1 aromatic carbocycles. The molecule has 0 fully saturated rings. The van der Waals surface area contributed by atoms with Gasteiger partial charge in [0.05, 0.1) is 22.5 Å². The van der Waals surface area contributed by atoms with Crippen LogP contribution in [-0.4, -0.2) is 48.7 Å². The molecule has 1 atom stereocenters. The molecule has 0 saturated carbocycles. The molecule has 0 aliphatic rings. The maximum Gasteiger partial charge on any atom is 0.470 e. The van der Waals surface area contributed by atoms with Crippen LogP contribution in [0.3, 0.4) is 0 Å². The highest BCUT2D eigenvalue weighted by atomic mass is 31.2. The molecule has 0 aromatic heterocycles. The molecule has 17 heteroatoms. The van der Waals surface area contributed by atoms with E-state index in [2.05, 4.69) is 9.05 Å². The lowest BCUT2D eigenvalue weighted by Crippen LogP contribution is -2.26. The summed E-state index contributed by atoms with van der Waals surface area (Å²) in [5.41, 5.74) is -1.41. The minimum atomic E-state index is -5.11. The summed E-state index contributed by atoms with van der Waals surface area (Å²) in [4.78, 5) is 54.4. The third-order valence-corrected chi connectivity index (χ3v) is 3.55. The Morgan fingerprint density at radius 2 is 1.62 bits per heavy atom. The molecule has 1 unspecified atom stereocenters. The first-order chi connectivity index (χ1) is 11.8. The largest absolute Gasteiger partial charge is 0.484 e. The van der Waals surface area contributed by atoms with Gasteiger partial charge in [-0.05, 0) is 6.07 Å². The third kappa shape index (κ3) is 7.95. The van der Waals surface area contributed by atoms with Gasteiger partial charge in [0.2, 0.25) is 0 Å². The maximum atomic E-state index is 10.9. The number of phosphoric acid groups is 2. The van der Waals surface area contributed by atoms with Crippen molar-refractivity contribution in [2.75, 3.05) is 13.2 Å². The predicted octanol–water partition coefficient (Wildman–Crippen LogP) is 0.469. The van der Waals surface area contributed by atoms with Crippen LogP contribution in [0.1, 0.15) is 0 Å². The van der Waals surface area contributed by atoms with Gasteiger partial charge in [-0.3, -0.25) is 29.3 Å². The molecule has 0 aliphatic carbocycles. The van der Waals surface area contributed by atoms with E-state index in [9.17, 15) is 29.4 Å². The molecule has 0 saturated heterocycles. The smallest absolute Gasteiger partial charge is 0.470 e. The molecule has 0 heterocycles. The van der Waals surface area contributed by atoms with Gasteiger partial charge in [0.15, 0.2) is 5.75 Å². The number of nitrogens with zero attached hydrogens (tertiary/aromatic N) is 2. The number of non-ortho nitro benzene ring substituents is 1. The summed E-state index contributed by atoms with van der Waals surface area (Å²) >= 11 is 0. The van der Waals surface area contributed by atoms with Crippen molar-refractivity contribution in [3.05, 3.63) is 38.4 Å². The first kappa shape index (κ1) is 22.1. The summed E-state index contributed by atoms with van der Waals surface area (Å²) in [5.74, 6) is -0.504. The highest BCUT2D eigenvalue weighted by Gasteiger charge is 2.28. The second-order valence-electron chi connectivity index (χ2n) is 4.48. The standard InChI is InChI=1S/C9H12N2O13P2/c12-10(13)6-1-2-9(8(3-6)11(14)15)22-4-7(24-26(19,20)21)5-23-25(16,17)18/h1-3,7H,4-5H2,(H2,16,17,18)(H2,19,20,21). The maximum absolute atomic E-state index is 10.9. The van der Waals surface area contributed by atoms with E-state index < -0.39 is 61.9 Å². The summed E-state index contributed by atoms with van der Waals surface area (Å²) < 4.78 is 34.7. The molecule has 0 spiro atoms. The Labute approximate surface area is 143 Å². The molecule has 1 rings (SSSR count). The fraction of sp³-hybridized carbons (Fsp3) is 0.333. The molecule has 0 bridgehead atoms. The van der Waals surface area contributed by atoms with Gasteiger partial charge in [-0.15, -0.1) is 0 Å². The SMILES string of the molecule is O=[N+]([O-])c1ccc(OCC(COP(=O)(O)O)OP(=O)(O)O)c([N+](=O)[O-])c1. The van der Waals surface area contributed by atoms with E-state index in [4.69, 9.17) is 24.3 Å². The minimum absolute atomic E-state index is 0.504. The van der Waals surface area contributed by atoms with E-state index in [1.54, 1.807) is 0 Å². The van der Waals surface area contributed by atoms with E-state index in [1.807, 2.05) is 0 Å². The van der Waals surface area contributed by atoms with Crippen molar-refractivity contribution in [2.24, 2.45) is 0 Å². The van der Waals surface area contributed by atoms with Crippen LogP contribution in [0.2, 0.25) is 0 Å². The lowest BCUT2D eigenvalue weighted by atomic mass is 10.2. The van der Waals surface area contributed by atoms with Gasteiger partial charge in [-0.2, -0.15) is 0 Å². The number of rotatable bonds is 10. The molecule has 26 heavy (non-hydrogen) atoms. The molecular formula is C9H12N2O13P2. The van der Waals surface area contributed by atoms with Crippen LogP contribution in [0, 0.1) is 20.2 Å². The quantitative estimate of drug-likeness (QED) is 0.230. The number of ether oxygens (including phenoxy) is 1. The predicted molar refractivity (Wildman–Crippen MR) is 80.2 cm³/mol. The molecule has 0 aliphatic heterocycles. The van der Waals surface area contributed by atoms with E-state index in [0.717, 1.165) is 12.1 Å². The zero-order valence-corrected chi connectivity index (χ0v) is 14.3. The van der Waals surface area contributed by atoms with Gasteiger partial charge in [0, 0.05) is 6.07 Å². The number of nitro groups is 2. The van der Waals surface area contributed by atoms with E-state index in [0.29, 0.717) is 6.07 Å². The van der Waals surface area contributed by atoms with Gasteiger partial charge in [-0.25, -0.2) is 9.13 Å². The van der Waals surface area contributed by atoms with Crippen LogP contribution in [0.4, 0.5) is 11.4 Å². The van der Waals surface area contributed by atoms with Crippen molar-refractivity contribution in [1.82, 2.24) is 0 Å². The van der Waals surface area contributed by atoms with Crippen LogP contribution < -0.4 is 4.74 Å². The highest BCUT2D eigenvalue weighted by molar-refractivity contribution is 7.46. The second-order valence-corrected chi connectivity index (χ2v) is 6.91. The molecule has 146 valence electrons. The van der Waals surface area contributed by atoms with Crippen LogP contribution in [0.5, 0.6) is 5.75 Å². The summed E-state index contributed by atoms with van der Waals surface area (Å²) in [6, 6.07) is 2.35. The Balaban J connectivity index is 2.96. The second kappa shape index (κ2) is 8.62. The van der Waals surface area contributed by atoms with Gasteiger partial charge >= 0.3 is 21.3 Å². The number of nitro benzene ring substituents is 2. The zero-order valence-electron chi connectivity index (χ0n) is 12.5. The van der Waals surface area contributed by atoms with Gasteiger partial charge < -0.3 is 24.3 Å². The first-order valence-corrected chi connectivity index (χ1v) is 9.34. The van der Waals surface area contributed by atoms with Crippen molar-refractivity contribution in [3.8, 4) is 5.75 Å². The van der Waals surface area contributed by atoms with Crippen molar-refractivity contribution in [1.29, 1.82) is 0 Å². The lowest BCUT2D eigenvalue weighted by Gasteiger charge is -2.19. The minimum Gasteiger partial charge on any atom is -0.484 e. The summed E-state index contributed by atoms with van der Waals surface area (Å²) in [7, 11) is -10.1. The lowest BCUT2D eigenvalue weighted by molar-refractivity contribution is -0.394. The Hall–Kier alpha value is -1.96. The molecule has 15 nitrogen and oxygen atoms in total. The van der Waals surface area contributed by atoms with Gasteiger partial charge in [0.25, 0.3) is 5.69 Å². The molecular weight excluding hydrogens is 406 g/mol. The van der Waals surface area contributed by atoms with Crippen LogP contribution in [0.15, 0.2) is 18.2 Å². The van der Waals surface area contributed by atoms with Crippen molar-refractivity contribution >= 4 is 27.0 Å². The Kier molecular flexibility index (Phi) is 7.32. The number of hydrogen-bond acceptors (Lipinski definition) is 9. The van der Waals surface area contributed by atoms with Crippen molar-refractivity contribution in [2.45, 2.75) is 6.10 Å². The average Bonchev–Trinajstić information content (AvgIpc) is 2.47. The fourth-order valence-electron chi connectivity index (χ4n) is 1.55. The first-order valence-electron chi connectivity index (χ1n) is 6.28. The monoisotopic (exact) mass is 418 g/mol. The number of benzene rings is 1. The fourth-order valence-corrected chi connectivity index (χ4v) is 2.42. The van der Waals surface area contributed by atoms with E-state index in [1.165, 1.54) is 0 Å². The van der Waals surface area contributed by atoms with Crippen LogP contribution >= 0.6 is 15.6 Å². The van der Waals surface area contributed by atoms with E-state index in [-0.39, 0.29) is 0 Å². The van der Waals surface area contributed by atoms with Crippen molar-refractivity contribution in [3.63, 3.8) is 0 Å². The molecule has 0 radical (unpaired) electrons. The van der Waals surface area contributed by atoms with Gasteiger partial charge in [0.1, 0.15) is 12.7 Å². The summed E-state index contributed by atoms with van der Waals surface area (Å²) in [6.07, 6.45) is -1.72. The van der Waals surface area contributed by atoms with E-state index >= 15 is 0 Å². The number of hydrogen-bond donors (Lipinski definition) is 4. The topological polar surface area (TPSA) is 229 Å². The molecule has 1 aromatic rings. The average molecular weight is 418 g/mol. The van der Waals surface area contributed by atoms with Crippen molar-refractivity contribution < 1.29 is 52.3 Å². The Morgan fingerprint density at radius 3 is 2.08 bits per heavy atom. The summed E-state index contributed by atoms with van der Waals surface area (Å²) in [5, 5.41) is 21.6. The summed E-state index contributed by atoms with van der Waals surface area (Å²) in [6.45, 7) is -1.85. The normalized spacial score (nSPS) is 13.2. The highest BCUT2D eigenvalue weighted by Crippen LogP contribution is 2.41.